The number of pyridine rings is 1. The van der Waals surface area contributed by atoms with Crippen LogP contribution in [0.15, 0.2) is 54.6 Å². The molecule has 5 heterocycles. The van der Waals surface area contributed by atoms with Gasteiger partial charge in [0.1, 0.15) is 37.4 Å². The van der Waals surface area contributed by atoms with Crippen molar-refractivity contribution in [1.29, 1.82) is 0 Å². The first kappa shape index (κ1) is 46.8. The second kappa shape index (κ2) is 22.6. The van der Waals surface area contributed by atoms with Crippen LogP contribution in [0.4, 0.5) is 0 Å². The first-order valence-electron chi connectivity index (χ1n) is 21.8. The molecule has 2 N–H and O–H groups in total. The number of carboxylic acid groups (broad SMARTS) is 1. The highest BCUT2D eigenvalue weighted by Gasteiger charge is 2.50. The number of carboxylic acids is 1. The van der Waals surface area contributed by atoms with Gasteiger partial charge < -0.3 is 53.1 Å². The third-order valence-electron chi connectivity index (χ3n) is 10.9. The van der Waals surface area contributed by atoms with Crippen LogP contribution in [0.25, 0.3) is 33.5 Å². The Morgan fingerprint density at radius 3 is 2.21 bits per heavy atom. The van der Waals surface area contributed by atoms with Gasteiger partial charge in [0.25, 0.3) is 0 Å². The third kappa shape index (κ3) is 13.4. The van der Waals surface area contributed by atoms with E-state index < -0.39 is 20.1 Å². The van der Waals surface area contributed by atoms with E-state index in [2.05, 4.69) is 25.0 Å². The number of carbonyl (C=O) groups is 2. The zero-order valence-electron chi connectivity index (χ0n) is 36.3. The maximum Gasteiger partial charge on any atom is 0.305 e. The zero-order valence-corrected chi connectivity index (χ0v) is 38.0. The lowest BCUT2D eigenvalue weighted by Crippen LogP contribution is -2.38. The number of nitrogens with zero attached hydrogens (tertiary/aromatic N) is 3. The summed E-state index contributed by atoms with van der Waals surface area (Å²) in [5, 5.41) is 11.9. The van der Waals surface area contributed by atoms with Crippen LogP contribution >= 0.6 is 11.6 Å². The van der Waals surface area contributed by atoms with Crippen LogP contribution in [0, 0.1) is 0 Å². The highest BCUT2D eigenvalue weighted by molar-refractivity contribution is 6.76. The fraction of sp³-hybridized carbons (Fsp3) is 0.556. The highest BCUT2D eigenvalue weighted by Crippen LogP contribution is 2.36. The van der Waals surface area contributed by atoms with Crippen molar-refractivity contribution in [3.63, 3.8) is 0 Å². The average Bonchev–Trinajstić information content (AvgIpc) is 3.96. The molecule has 0 radical (unpaired) electrons. The molecule has 5 atom stereocenters. The predicted molar refractivity (Wildman–Crippen MR) is 237 cm³/mol. The molecule has 7 rings (SSSR count). The van der Waals surface area contributed by atoms with E-state index in [1.807, 2.05) is 59.2 Å². The Morgan fingerprint density at radius 1 is 0.825 bits per heavy atom. The molecule has 0 aliphatic carbocycles. The summed E-state index contributed by atoms with van der Waals surface area (Å²) in [5.41, 5.74) is 4.63. The van der Waals surface area contributed by atoms with Crippen LogP contribution in [0.2, 0.25) is 30.7 Å². The third-order valence-corrected chi connectivity index (χ3v) is 12.9. The number of imidazole rings is 1. The molecule has 1 unspecified atom stereocenters. The lowest BCUT2D eigenvalue weighted by Gasteiger charge is -2.27. The van der Waals surface area contributed by atoms with Crippen LogP contribution in [0.5, 0.6) is 11.8 Å². The molecule has 63 heavy (non-hydrogen) atoms. The van der Waals surface area contributed by atoms with Crippen LogP contribution in [0.1, 0.15) is 32.1 Å². The standard InChI is InChI=1S/C45H59ClN4O12Si/c1-63(2,3)25-24-56-29-50-35-26-34(46)41(48-44(35)49-45(50)62-37-28-60-42-36(27-59-43(37)42)61-40-6-4-5-18-58-40)32-9-7-30(8-10-32)31-11-13-33(14-12-31)57-21-17-47-38(51)15-19-54-22-23-55-20-16-39(52)53/h7-14,26,36-37,40,42-43H,4-6,15-25,27-29H2,1-3H3,(H,47,51)(H,52,53)/t36-,37-,40?,42-,43-/m1/s1. The number of hydrogen-bond donors (Lipinski definition) is 2. The van der Waals surface area contributed by atoms with Crippen molar-refractivity contribution in [3.8, 4) is 34.1 Å². The summed E-state index contributed by atoms with van der Waals surface area (Å²) in [6.45, 7) is 10.9. The summed E-state index contributed by atoms with van der Waals surface area (Å²) in [5.74, 6) is -0.374. The minimum atomic E-state index is -1.31. The number of rotatable bonds is 24. The van der Waals surface area contributed by atoms with Crippen molar-refractivity contribution < 1.29 is 57.3 Å². The molecule has 16 nitrogen and oxygen atoms in total. The Hall–Kier alpha value is -4.17. The molecule has 0 saturated carbocycles. The van der Waals surface area contributed by atoms with Gasteiger partial charge in [0.05, 0.1) is 68.8 Å². The van der Waals surface area contributed by atoms with Crippen LogP contribution in [-0.2, 0) is 49.5 Å². The molecule has 3 aliphatic heterocycles. The molecule has 0 bridgehead atoms. The van der Waals surface area contributed by atoms with E-state index in [-0.39, 0.29) is 69.9 Å². The number of benzene rings is 2. The first-order chi connectivity index (χ1) is 30.5. The number of hydrogen-bond acceptors (Lipinski definition) is 13. The molecule has 3 saturated heterocycles. The molecule has 18 heteroatoms. The summed E-state index contributed by atoms with van der Waals surface area (Å²) < 4.78 is 55.5. The van der Waals surface area contributed by atoms with Crippen LogP contribution in [0.3, 0.4) is 0 Å². The summed E-state index contributed by atoms with van der Waals surface area (Å²) in [6.07, 6.45) is 1.71. The second-order valence-electron chi connectivity index (χ2n) is 17.0. The Kier molecular flexibility index (Phi) is 16.8. The van der Waals surface area contributed by atoms with Gasteiger partial charge in [-0.2, -0.15) is 4.98 Å². The number of halogens is 1. The topological polar surface area (TPSA) is 180 Å². The lowest BCUT2D eigenvalue weighted by molar-refractivity contribution is -0.202. The van der Waals surface area contributed by atoms with Gasteiger partial charge in [-0.25, -0.2) is 4.98 Å². The van der Waals surface area contributed by atoms with Crippen LogP contribution < -0.4 is 14.8 Å². The molecular formula is C45H59ClN4O12Si. The van der Waals surface area contributed by atoms with E-state index in [9.17, 15) is 9.59 Å². The number of carbonyl (C=O) groups excluding carboxylic acids is 1. The number of aromatic nitrogens is 3. The number of nitrogens with one attached hydrogen (secondary N) is 1. The van der Waals surface area contributed by atoms with E-state index in [1.54, 1.807) is 0 Å². The second-order valence-corrected chi connectivity index (χ2v) is 23.0. The number of amides is 1. The molecule has 3 fully saturated rings. The SMILES string of the molecule is C[Si](C)(C)CCOCn1c(O[C@@H]2CO[C@H]3[C@@H]2OC[C@H]3OC2CCCCO2)nc2nc(-c3ccc(-c4ccc(OCCNC(=O)CCOCCOCCC(=O)O)cc4)cc3)c(Cl)cc21. The summed E-state index contributed by atoms with van der Waals surface area (Å²) in [4.78, 5) is 32.4. The molecule has 342 valence electrons. The maximum atomic E-state index is 12.1. The van der Waals surface area contributed by atoms with Crippen molar-refractivity contribution in [3.05, 3.63) is 59.6 Å². The lowest BCUT2D eigenvalue weighted by atomic mass is 10.0. The number of aliphatic carboxylic acids is 1. The van der Waals surface area contributed by atoms with Gasteiger partial charge >= 0.3 is 12.0 Å². The minimum Gasteiger partial charge on any atom is -0.492 e. The highest BCUT2D eigenvalue weighted by atomic mass is 35.5. The van der Waals surface area contributed by atoms with Gasteiger partial charge in [0.2, 0.25) is 5.91 Å². The normalized spacial score (nSPS) is 21.1. The van der Waals surface area contributed by atoms with E-state index in [1.165, 1.54) is 0 Å². The largest absolute Gasteiger partial charge is 0.492 e. The van der Waals surface area contributed by atoms with E-state index in [0.29, 0.717) is 79.8 Å². The Balaban J connectivity index is 0.936. The van der Waals surface area contributed by atoms with Crippen molar-refractivity contribution in [1.82, 2.24) is 19.9 Å². The van der Waals surface area contributed by atoms with Gasteiger partial charge in [-0.1, -0.05) is 67.6 Å². The number of ether oxygens (including phenoxy) is 9. The molecule has 2 aromatic heterocycles. The minimum absolute atomic E-state index is 0.0514. The van der Waals surface area contributed by atoms with Gasteiger partial charge in [0.15, 0.2) is 18.0 Å². The summed E-state index contributed by atoms with van der Waals surface area (Å²) >= 11 is 6.97. The van der Waals surface area contributed by atoms with Crippen molar-refractivity contribution >= 4 is 42.7 Å². The quantitative estimate of drug-likeness (QED) is 0.0569. The zero-order chi connectivity index (χ0) is 44.2. The molecule has 0 spiro atoms. The Morgan fingerprint density at radius 2 is 1.51 bits per heavy atom. The van der Waals surface area contributed by atoms with Crippen molar-refractivity contribution in [2.45, 2.75) is 95.2 Å². The Bertz CT molecular complexity index is 2090. The average molecular weight is 912 g/mol. The molecule has 1 amide bonds. The molecule has 3 aliphatic rings. The predicted octanol–water partition coefficient (Wildman–Crippen LogP) is 6.58. The molecule has 4 aromatic rings. The summed E-state index contributed by atoms with van der Waals surface area (Å²) in [6, 6.07) is 19.0. The maximum absolute atomic E-state index is 12.1. The summed E-state index contributed by atoms with van der Waals surface area (Å²) in [7, 11) is -1.31. The van der Waals surface area contributed by atoms with E-state index >= 15 is 0 Å². The van der Waals surface area contributed by atoms with E-state index in [4.69, 9.17) is 69.3 Å². The van der Waals surface area contributed by atoms with Gasteiger partial charge in [-0.3, -0.25) is 14.2 Å². The van der Waals surface area contributed by atoms with Crippen molar-refractivity contribution in [2.75, 3.05) is 66.0 Å². The fourth-order valence-corrected chi connectivity index (χ4v) is 8.42. The van der Waals surface area contributed by atoms with Crippen LogP contribution in [-0.4, -0.2) is 136 Å². The monoisotopic (exact) mass is 910 g/mol. The van der Waals surface area contributed by atoms with Gasteiger partial charge in [0, 0.05) is 33.3 Å². The Labute approximate surface area is 373 Å². The van der Waals surface area contributed by atoms with Gasteiger partial charge in [-0.15, -0.1) is 0 Å². The fourth-order valence-electron chi connectivity index (χ4n) is 7.41. The van der Waals surface area contributed by atoms with Gasteiger partial charge in [-0.05, 0) is 54.6 Å². The van der Waals surface area contributed by atoms with E-state index in [0.717, 1.165) is 42.0 Å². The van der Waals surface area contributed by atoms with Crippen molar-refractivity contribution in [2.24, 2.45) is 0 Å². The molecule has 2 aromatic carbocycles. The smallest absolute Gasteiger partial charge is 0.305 e. The number of fused-ring (bicyclic) bond motifs is 2. The first-order valence-corrected chi connectivity index (χ1v) is 25.9. The molecular weight excluding hydrogens is 852 g/mol.